The van der Waals surface area contributed by atoms with E-state index in [1.54, 1.807) is 0 Å². The summed E-state index contributed by atoms with van der Waals surface area (Å²) < 4.78 is 24.3. The van der Waals surface area contributed by atoms with Crippen molar-refractivity contribution in [2.45, 2.75) is 11.8 Å². The highest BCUT2D eigenvalue weighted by Crippen LogP contribution is 2.29. The molecule has 0 aliphatic rings. The molecule has 13 heavy (non-hydrogen) atoms. The maximum absolute atomic E-state index is 12.2. The Balaban J connectivity index is 3.20. The van der Waals surface area contributed by atoms with Crippen LogP contribution in [0.15, 0.2) is 6.07 Å². The zero-order valence-corrected chi connectivity index (χ0v) is 8.05. The van der Waals surface area contributed by atoms with E-state index in [1.807, 2.05) is 0 Å². The van der Waals surface area contributed by atoms with Gasteiger partial charge >= 0.3 is 0 Å². The first kappa shape index (κ1) is 10.2. The smallest absolute Gasteiger partial charge is 0.284 e. The lowest BCUT2D eigenvalue weighted by atomic mass is 10.2. The number of anilines is 1. The Kier molecular flexibility index (Phi) is 3.02. The molecule has 1 rings (SSSR count). The molecule has 0 radical (unpaired) electrons. The van der Waals surface area contributed by atoms with Gasteiger partial charge in [0.1, 0.15) is 11.6 Å². The first-order chi connectivity index (χ1) is 6.06. The Bertz CT molecular complexity index is 320. The molecule has 0 aliphatic carbocycles. The number of nitrogen functional groups attached to an aromatic ring is 1. The number of nitrogens with two attached hydrogens (primary N) is 1. The van der Waals surface area contributed by atoms with E-state index >= 15 is 0 Å². The fraction of sp³-hybridized carbons (Fsp3) is 0.286. The zero-order valence-electron chi connectivity index (χ0n) is 6.47. The molecule has 0 spiro atoms. The van der Waals surface area contributed by atoms with Crippen molar-refractivity contribution in [1.29, 1.82) is 0 Å². The molecule has 1 aromatic heterocycles. The first-order valence-electron chi connectivity index (χ1n) is 3.38. The van der Waals surface area contributed by atoms with Gasteiger partial charge in [-0.2, -0.15) is 0 Å². The molecule has 0 atom stereocenters. The van der Waals surface area contributed by atoms with Crippen LogP contribution in [0.1, 0.15) is 17.7 Å². The van der Waals surface area contributed by atoms with Crippen LogP contribution in [0.4, 0.5) is 14.6 Å². The molecule has 3 N–H and O–H groups in total. The summed E-state index contributed by atoms with van der Waals surface area (Å²) in [5.41, 5.74) is 5.16. The van der Waals surface area contributed by atoms with Gasteiger partial charge in [0.25, 0.3) is 6.43 Å². The highest BCUT2D eigenvalue weighted by Gasteiger charge is 2.16. The van der Waals surface area contributed by atoms with Crippen LogP contribution in [0.3, 0.4) is 0 Å². The lowest BCUT2D eigenvalue weighted by Crippen LogP contribution is -2.00. The summed E-state index contributed by atoms with van der Waals surface area (Å²) in [6.07, 6.45) is -2.81. The van der Waals surface area contributed by atoms with E-state index in [-0.39, 0.29) is 5.82 Å². The summed E-state index contributed by atoms with van der Waals surface area (Å²) in [5, 5.41) is 9.46. The summed E-state index contributed by atoms with van der Waals surface area (Å²) in [4.78, 5) is 3.39. The number of aromatic hydroxyl groups is 1. The third-order valence-corrected chi connectivity index (χ3v) is 2.10. The van der Waals surface area contributed by atoms with Gasteiger partial charge in [0.15, 0.2) is 5.69 Å². The van der Waals surface area contributed by atoms with E-state index in [0.717, 1.165) is 0 Å². The number of aromatic nitrogens is 1. The van der Waals surface area contributed by atoms with Crippen LogP contribution in [-0.4, -0.2) is 10.1 Å². The topological polar surface area (TPSA) is 59.1 Å². The average Bonchev–Trinajstić information content (AvgIpc) is 2.07. The van der Waals surface area contributed by atoms with Gasteiger partial charge in [-0.1, -0.05) is 15.9 Å². The molecule has 0 amide bonds. The van der Waals surface area contributed by atoms with Crippen molar-refractivity contribution < 1.29 is 13.9 Å². The maximum atomic E-state index is 12.2. The van der Waals surface area contributed by atoms with E-state index in [1.165, 1.54) is 6.07 Å². The summed E-state index contributed by atoms with van der Waals surface area (Å²) in [7, 11) is 0. The van der Waals surface area contributed by atoms with Gasteiger partial charge in [-0.3, -0.25) is 0 Å². The van der Waals surface area contributed by atoms with Gasteiger partial charge in [-0.25, -0.2) is 13.8 Å². The monoisotopic (exact) mass is 252 g/mol. The van der Waals surface area contributed by atoms with Gasteiger partial charge in [-0.15, -0.1) is 0 Å². The molecule has 0 bridgehead atoms. The van der Waals surface area contributed by atoms with E-state index in [4.69, 9.17) is 10.8 Å². The maximum Gasteiger partial charge on any atom is 0.284 e. The number of nitrogens with zero attached hydrogens (tertiary/aromatic N) is 1. The highest BCUT2D eigenvalue weighted by atomic mass is 79.9. The summed E-state index contributed by atoms with van der Waals surface area (Å²) >= 11 is 3.09. The van der Waals surface area contributed by atoms with Gasteiger partial charge in [0, 0.05) is 10.9 Å². The number of hydrogen-bond donors (Lipinski definition) is 2. The summed E-state index contributed by atoms with van der Waals surface area (Å²) in [6.45, 7) is 0. The Labute approximate surface area is 81.7 Å². The molecule has 0 fully saturated rings. The first-order valence-corrected chi connectivity index (χ1v) is 4.50. The molecule has 0 saturated carbocycles. The number of hydrogen-bond acceptors (Lipinski definition) is 3. The van der Waals surface area contributed by atoms with Crippen LogP contribution in [0.5, 0.6) is 5.75 Å². The van der Waals surface area contributed by atoms with Gasteiger partial charge in [0.2, 0.25) is 0 Å². The molecule has 3 nitrogen and oxygen atoms in total. The molecule has 1 heterocycles. The number of alkyl halides is 3. The van der Waals surface area contributed by atoms with Crippen molar-refractivity contribution in [2.75, 3.05) is 5.73 Å². The average molecular weight is 253 g/mol. The lowest BCUT2D eigenvalue weighted by molar-refractivity contribution is 0.142. The molecular weight excluding hydrogens is 246 g/mol. The fourth-order valence-electron chi connectivity index (χ4n) is 0.839. The van der Waals surface area contributed by atoms with E-state index < -0.39 is 17.9 Å². The van der Waals surface area contributed by atoms with E-state index in [2.05, 4.69) is 20.9 Å². The quantitative estimate of drug-likeness (QED) is 0.794. The Hall–Kier alpha value is -0.910. The second-order valence-electron chi connectivity index (χ2n) is 2.37. The molecule has 1 aromatic rings. The molecule has 0 aromatic carbocycles. The van der Waals surface area contributed by atoms with Crippen molar-refractivity contribution in [3.63, 3.8) is 0 Å². The Morgan fingerprint density at radius 2 is 2.23 bits per heavy atom. The van der Waals surface area contributed by atoms with Gasteiger partial charge in [0.05, 0.1) is 0 Å². The molecule has 72 valence electrons. The predicted octanol–water partition coefficient (Wildman–Crippen LogP) is 2.20. The third-order valence-electron chi connectivity index (χ3n) is 1.49. The van der Waals surface area contributed by atoms with Crippen LogP contribution in [0.25, 0.3) is 0 Å². The fourth-order valence-corrected chi connectivity index (χ4v) is 1.29. The van der Waals surface area contributed by atoms with Crippen molar-refractivity contribution in [3.8, 4) is 5.75 Å². The number of pyridine rings is 1. The van der Waals surface area contributed by atoms with E-state index in [9.17, 15) is 8.78 Å². The normalized spacial score (nSPS) is 10.8. The summed E-state index contributed by atoms with van der Waals surface area (Å²) in [5.74, 6) is -0.524. The highest BCUT2D eigenvalue weighted by molar-refractivity contribution is 9.08. The van der Waals surface area contributed by atoms with Gasteiger partial charge in [-0.05, 0) is 6.07 Å². The number of halogens is 3. The van der Waals surface area contributed by atoms with Crippen LogP contribution in [0, 0.1) is 0 Å². The second kappa shape index (κ2) is 3.87. The third kappa shape index (κ3) is 2.06. The minimum atomic E-state index is -2.81. The zero-order chi connectivity index (χ0) is 10.0. The molecule has 0 saturated heterocycles. The second-order valence-corrected chi connectivity index (χ2v) is 2.93. The van der Waals surface area contributed by atoms with E-state index in [0.29, 0.717) is 10.9 Å². The SMILES string of the molecule is Nc1nc(C(F)F)c(O)cc1CBr. The van der Waals surface area contributed by atoms with Crippen LogP contribution < -0.4 is 5.73 Å². The minimum Gasteiger partial charge on any atom is -0.506 e. The largest absolute Gasteiger partial charge is 0.506 e. The van der Waals surface area contributed by atoms with Crippen molar-refractivity contribution in [3.05, 3.63) is 17.3 Å². The minimum absolute atomic E-state index is 0.00461. The molecule has 0 unspecified atom stereocenters. The predicted molar refractivity (Wildman–Crippen MR) is 47.9 cm³/mol. The molecular formula is C7H7BrF2N2O. The standard InChI is InChI=1S/C7H7BrF2N2O/c8-2-3-1-4(13)5(6(9)10)12-7(3)11/h1,6,13H,2H2,(H2,11,12). The van der Waals surface area contributed by atoms with Crippen molar-refractivity contribution in [2.24, 2.45) is 0 Å². The molecule has 0 aliphatic heterocycles. The van der Waals surface area contributed by atoms with Crippen LogP contribution >= 0.6 is 15.9 Å². The Morgan fingerprint density at radius 1 is 1.62 bits per heavy atom. The summed E-state index contributed by atoms with van der Waals surface area (Å²) in [6, 6.07) is 1.18. The van der Waals surface area contributed by atoms with Crippen LogP contribution in [0.2, 0.25) is 0 Å². The van der Waals surface area contributed by atoms with Crippen molar-refractivity contribution in [1.82, 2.24) is 4.98 Å². The lowest BCUT2D eigenvalue weighted by Gasteiger charge is -2.06. The van der Waals surface area contributed by atoms with Crippen LogP contribution in [-0.2, 0) is 5.33 Å². The number of rotatable bonds is 2. The molecule has 6 heteroatoms. The van der Waals surface area contributed by atoms with Crippen molar-refractivity contribution >= 4 is 21.7 Å². The van der Waals surface area contributed by atoms with Gasteiger partial charge < -0.3 is 10.8 Å². The Morgan fingerprint density at radius 3 is 2.69 bits per heavy atom.